The average Bonchev–Trinajstić information content (AvgIpc) is 2.75. The zero-order valence-corrected chi connectivity index (χ0v) is 10.2. The summed E-state index contributed by atoms with van der Waals surface area (Å²) in [6.45, 7) is 1.52. The van der Waals surface area contributed by atoms with E-state index in [1.54, 1.807) is 16.8 Å². The molecule has 0 saturated heterocycles. The van der Waals surface area contributed by atoms with Crippen molar-refractivity contribution in [3.8, 4) is 11.8 Å². The lowest BCUT2D eigenvalue weighted by atomic mass is 10.2. The number of esters is 1. The summed E-state index contributed by atoms with van der Waals surface area (Å²) < 4.78 is 42.1. The van der Waals surface area contributed by atoms with Gasteiger partial charge in [-0.3, -0.25) is 0 Å². The molecule has 18 heavy (non-hydrogen) atoms. The van der Waals surface area contributed by atoms with Crippen LogP contribution in [-0.4, -0.2) is 18.8 Å². The number of ether oxygens (including phenoxy) is 1. The SMILES string of the molecule is CCOC(=O)/C=C(\C#Cc1ccsc1)C(F)(F)F. The topological polar surface area (TPSA) is 26.3 Å². The van der Waals surface area contributed by atoms with Crippen molar-refractivity contribution in [2.75, 3.05) is 6.61 Å². The predicted molar refractivity (Wildman–Crippen MR) is 62.0 cm³/mol. The summed E-state index contributed by atoms with van der Waals surface area (Å²) >= 11 is 1.33. The molecule has 0 radical (unpaired) electrons. The fraction of sp³-hybridized carbons (Fsp3) is 0.250. The van der Waals surface area contributed by atoms with Crippen LogP contribution in [0.15, 0.2) is 28.5 Å². The summed E-state index contributed by atoms with van der Waals surface area (Å²) in [5.74, 6) is 3.24. The number of hydrogen-bond acceptors (Lipinski definition) is 3. The molecule has 0 atom stereocenters. The van der Waals surface area contributed by atoms with Crippen LogP contribution in [0.5, 0.6) is 0 Å². The first kappa shape index (κ1) is 14.3. The van der Waals surface area contributed by atoms with Crippen molar-refractivity contribution in [3.63, 3.8) is 0 Å². The number of rotatable bonds is 2. The Kier molecular flexibility index (Phi) is 4.98. The summed E-state index contributed by atoms with van der Waals surface area (Å²) in [5, 5.41) is 3.32. The van der Waals surface area contributed by atoms with Gasteiger partial charge in [-0.1, -0.05) is 11.8 Å². The molecule has 0 aliphatic heterocycles. The Morgan fingerprint density at radius 3 is 2.78 bits per heavy atom. The lowest BCUT2D eigenvalue weighted by molar-refractivity contribution is -0.138. The Morgan fingerprint density at radius 2 is 2.28 bits per heavy atom. The molecule has 2 nitrogen and oxygen atoms in total. The Balaban J connectivity index is 2.97. The van der Waals surface area contributed by atoms with E-state index in [0.29, 0.717) is 11.6 Å². The van der Waals surface area contributed by atoms with Crippen LogP contribution in [0.2, 0.25) is 0 Å². The zero-order valence-electron chi connectivity index (χ0n) is 9.38. The lowest BCUT2D eigenvalue weighted by Gasteiger charge is -2.04. The minimum absolute atomic E-state index is 0.0123. The van der Waals surface area contributed by atoms with Gasteiger partial charge in [-0.15, -0.1) is 0 Å². The Labute approximate surface area is 106 Å². The smallest absolute Gasteiger partial charge is 0.424 e. The molecule has 1 aromatic rings. The number of carbonyl (C=O) groups is 1. The summed E-state index contributed by atoms with van der Waals surface area (Å²) in [5.41, 5.74) is -0.744. The first-order valence-corrected chi connectivity index (χ1v) is 5.87. The minimum Gasteiger partial charge on any atom is -0.463 e. The van der Waals surface area contributed by atoms with E-state index in [2.05, 4.69) is 10.7 Å². The molecule has 0 saturated carbocycles. The molecule has 96 valence electrons. The highest BCUT2D eigenvalue weighted by molar-refractivity contribution is 7.08. The molecule has 0 bridgehead atoms. The maximum Gasteiger partial charge on any atom is 0.424 e. The van der Waals surface area contributed by atoms with E-state index in [1.165, 1.54) is 18.3 Å². The van der Waals surface area contributed by atoms with Gasteiger partial charge < -0.3 is 4.74 Å². The van der Waals surface area contributed by atoms with E-state index in [-0.39, 0.29) is 6.61 Å². The standard InChI is InChI=1S/C12H9F3O2S/c1-2-17-11(16)7-10(12(13,14)15)4-3-9-5-6-18-8-9/h5-8H,2H2,1H3/b10-7+. The number of thiophene rings is 1. The Morgan fingerprint density at radius 1 is 1.56 bits per heavy atom. The first-order valence-electron chi connectivity index (χ1n) is 4.93. The van der Waals surface area contributed by atoms with Crippen molar-refractivity contribution in [2.45, 2.75) is 13.1 Å². The molecule has 0 fully saturated rings. The molecule has 1 rings (SSSR count). The van der Waals surface area contributed by atoms with Gasteiger partial charge in [-0.2, -0.15) is 24.5 Å². The normalized spacial score (nSPS) is 11.7. The molecule has 0 unspecified atom stereocenters. The van der Waals surface area contributed by atoms with Crippen LogP contribution in [0.25, 0.3) is 0 Å². The second-order valence-corrected chi connectivity index (χ2v) is 3.85. The molecule has 6 heteroatoms. The minimum atomic E-state index is -4.67. The average molecular weight is 274 g/mol. The lowest BCUT2D eigenvalue weighted by Crippen LogP contribution is -2.13. The van der Waals surface area contributed by atoms with Crippen LogP contribution >= 0.6 is 11.3 Å². The monoisotopic (exact) mass is 274 g/mol. The molecule has 0 aliphatic carbocycles. The third kappa shape index (κ3) is 4.63. The molecule has 0 amide bonds. The van der Waals surface area contributed by atoms with Crippen molar-refractivity contribution in [1.29, 1.82) is 0 Å². The highest BCUT2D eigenvalue weighted by Crippen LogP contribution is 2.25. The molecular weight excluding hydrogens is 265 g/mol. The van der Waals surface area contributed by atoms with E-state index in [9.17, 15) is 18.0 Å². The second kappa shape index (κ2) is 6.26. The highest BCUT2D eigenvalue weighted by Gasteiger charge is 2.33. The fourth-order valence-corrected chi connectivity index (χ4v) is 1.55. The van der Waals surface area contributed by atoms with Crippen molar-refractivity contribution in [2.24, 2.45) is 0 Å². The second-order valence-electron chi connectivity index (χ2n) is 3.07. The predicted octanol–water partition coefficient (Wildman–Crippen LogP) is 3.15. The van der Waals surface area contributed by atoms with Crippen LogP contribution in [-0.2, 0) is 9.53 Å². The van der Waals surface area contributed by atoms with Crippen LogP contribution in [0.4, 0.5) is 13.2 Å². The summed E-state index contributed by atoms with van der Waals surface area (Å²) in [6, 6.07) is 1.59. The number of carbonyl (C=O) groups excluding carboxylic acids is 1. The van der Waals surface area contributed by atoms with Crippen LogP contribution < -0.4 is 0 Å². The van der Waals surface area contributed by atoms with Gasteiger partial charge >= 0.3 is 12.1 Å². The molecule has 0 aliphatic rings. The molecular formula is C12H9F3O2S. The summed E-state index contributed by atoms with van der Waals surface area (Å²) in [6.07, 6.45) is -4.31. The first-order chi connectivity index (χ1) is 8.43. The third-order valence-corrected chi connectivity index (χ3v) is 2.40. The Hall–Kier alpha value is -1.74. The summed E-state index contributed by atoms with van der Waals surface area (Å²) in [7, 11) is 0. The summed E-state index contributed by atoms with van der Waals surface area (Å²) in [4.78, 5) is 11.0. The maximum absolute atomic E-state index is 12.6. The van der Waals surface area contributed by atoms with Gasteiger partial charge in [0, 0.05) is 17.0 Å². The van der Waals surface area contributed by atoms with Crippen LogP contribution in [0, 0.1) is 11.8 Å². The van der Waals surface area contributed by atoms with Gasteiger partial charge in [0.05, 0.1) is 6.61 Å². The van der Waals surface area contributed by atoms with E-state index in [4.69, 9.17) is 0 Å². The van der Waals surface area contributed by atoms with Gasteiger partial charge in [0.1, 0.15) is 5.57 Å². The third-order valence-electron chi connectivity index (χ3n) is 1.72. The number of hydrogen-bond donors (Lipinski definition) is 0. The maximum atomic E-state index is 12.6. The van der Waals surface area contributed by atoms with Crippen molar-refractivity contribution >= 4 is 17.3 Å². The number of halogens is 3. The van der Waals surface area contributed by atoms with Crippen molar-refractivity contribution in [3.05, 3.63) is 34.0 Å². The van der Waals surface area contributed by atoms with Gasteiger partial charge in [0.2, 0.25) is 0 Å². The van der Waals surface area contributed by atoms with Crippen LogP contribution in [0.3, 0.4) is 0 Å². The van der Waals surface area contributed by atoms with Gasteiger partial charge in [-0.05, 0) is 18.4 Å². The van der Waals surface area contributed by atoms with E-state index < -0.39 is 17.7 Å². The molecule has 1 aromatic heterocycles. The largest absolute Gasteiger partial charge is 0.463 e. The fourth-order valence-electron chi connectivity index (χ4n) is 0.966. The van der Waals surface area contributed by atoms with Gasteiger partial charge in [-0.25, -0.2) is 4.79 Å². The number of allylic oxidation sites excluding steroid dienone is 1. The Bertz CT molecular complexity index is 490. The van der Waals surface area contributed by atoms with Gasteiger partial charge in [0.25, 0.3) is 0 Å². The van der Waals surface area contributed by atoms with Crippen molar-refractivity contribution in [1.82, 2.24) is 0 Å². The van der Waals surface area contributed by atoms with E-state index in [0.717, 1.165) is 0 Å². The van der Waals surface area contributed by atoms with Gasteiger partial charge in [0.15, 0.2) is 0 Å². The molecule has 1 heterocycles. The molecule has 0 aromatic carbocycles. The van der Waals surface area contributed by atoms with E-state index in [1.807, 2.05) is 5.92 Å². The molecule has 0 spiro atoms. The zero-order chi connectivity index (χ0) is 13.6. The molecule has 0 N–H and O–H groups in total. The quantitative estimate of drug-likeness (QED) is 0.470. The van der Waals surface area contributed by atoms with Crippen molar-refractivity contribution < 1.29 is 22.7 Å². The van der Waals surface area contributed by atoms with Crippen LogP contribution in [0.1, 0.15) is 12.5 Å². The highest BCUT2D eigenvalue weighted by atomic mass is 32.1. The van der Waals surface area contributed by atoms with E-state index >= 15 is 0 Å². The number of alkyl halides is 3.